The van der Waals surface area contributed by atoms with Crippen LogP contribution >= 0.6 is 11.3 Å². The Kier molecular flexibility index (Phi) is 5.13. The normalized spacial score (nSPS) is 16.3. The number of hydrogen-bond acceptors (Lipinski definition) is 4. The Morgan fingerprint density at radius 1 is 1.44 bits per heavy atom. The van der Waals surface area contributed by atoms with E-state index in [4.69, 9.17) is 0 Å². The Morgan fingerprint density at radius 3 is 2.96 bits per heavy atom. The molecule has 5 nitrogen and oxygen atoms in total. The van der Waals surface area contributed by atoms with E-state index in [0.717, 1.165) is 23.5 Å². The summed E-state index contributed by atoms with van der Waals surface area (Å²) in [4.78, 5) is 29.9. The Bertz CT molecular complexity index is 799. The number of nitrogens with zero attached hydrogens (tertiary/aromatic N) is 1. The molecule has 0 fully saturated rings. The largest absolute Gasteiger partial charge is 0.356 e. The maximum absolute atomic E-state index is 13.5. The highest BCUT2D eigenvalue weighted by Crippen LogP contribution is 2.32. The molecule has 1 aliphatic rings. The number of rotatable bonds is 5. The SMILES string of the molecule is Cc1nc(CCCNC(=O)[C@H]2CC(=O)Nc3ccc(F)cc32)sc1C. The van der Waals surface area contributed by atoms with Crippen LogP contribution in [0.5, 0.6) is 0 Å². The molecule has 1 aliphatic heterocycles. The fraction of sp³-hybridized carbons (Fsp3) is 0.389. The maximum atomic E-state index is 13.5. The summed E-state index contributed by atoms with van der Waals surface area (Å²) in [7, 11) is 0. The standard InChI is InChI=1S/C18H20FN3O2S/c1-10-11(2)25-17(21-10)4-3-7-20-18(24)14-9-16(23)22-15-6-5-12(19)8-13(14)15/h5-6,8,14H,3-4,7,9H2,1-2H3,(H,20,24)(H,22,23)/t14-/m0/s1. The van der Waals surface area contributed by atoms with E-state index in [1.807, 2.05) is 13.8 Å². The van der Waals surface area contributed by atoms with Gasteiger partial charge in [0.15, 0.2) is 0 Å². The minimum Gasteiger partial charge on any atom is -0.356 e. The lowest BCUT2D eigenvalue weighted by Gasteiger charge is -2.24. The van der Waals surface area contributed by atoms with Crippen LogP contribution < -0.4 is 10.6 Å². The number of aryl methyl sites for hydroxylation is 3. The van der Waals surface area contributed by atoms with Crippen molar-refractivity contribution in [2.45, 2.75) is 39.0 Å². The maximum Gasteiger partial charge on any atom is 0.228 e. The van der Waals surface area contributed by atoms with Crippen LogP contribution in [0, 0.1) is 19.7 Å². The molecule has 2 amide bonds. The van der Waals surface area contributed by atoms with E-state index in [1.165, 1.54) is 23.1 Å². The molecule has 25 heavy (non-hydrogen) atoms. The number of thiazole rings is 1. The van der Waals surface area contributed by atoms with Crippen molar-refractivity contribution in [2.24, 2.45) is 0 Å². The number of fused-ring (bicyclic) bond motifs is 1. The summed E-state index contributed by atoms with van der Waals surface area (Å²) < 4.78 is 13.5. The monoisotopic (exact) mass is 361 g/mol. The molecule has 1 aromatic heterocycles. The van der Waals surface area contributed by atoms with Crippen molar-refractivity contribution in [2.75, 3.05) is 11.9 Å². The first-order valence-corrected chi connectivity index (χ1v) is 9.05. The molecule has 1 aromatic carbocycles. The van der Waals surface area contributed by atoms with Gasteiger partial charge in [-0.15, -0.1) is 11.3 Å². The Hall–Kier alpha value is -2.28. The van der Waals surface area contributed by atoms with E-state index in [2.05, 4.69) is 15.6 Å². The fourth-order valence-corrected chi connectivity index (χ4v) is 3.86. The lowest BCUT2D eigenvalue weighted by molar-refractivity contribution is -0.126. The van der Waals surface area contributed by atoms with Crippen molar-refractivity contribution in [1.82, 2.24) is 10.3 Å². The van der Waals surface area contributed by atoms with Gasteiger partial charge in [0.1, 0.15) is 5.82 Å². The number of aromatic nitrogens is 1. The molecular weight excluding hydrogens is 341 g/mol. The fourth-order valence-electron chi connectivity index (χ4n) is 2.89. The second-order valence-electron chi connectivity index (χ2n) is 6.18. The number of amides is 2. The molecule has 0 unspecified atom stereocenters. The first kappa shape index (κ1) is 17.5. The molecule has 2 heterocycles. The Labute approximate surface area is 149 Å². The summed E-state index contributed by atoms with van der Waals surface area (Å²) in [6.45, 7) is 4.53. The summed E-state index contributed by atoms with van der Waals surface area (Å²) in [6, 6.07) is 4.09. The zero-order chi connectivity index (χ0) is 18.0. The molecule has 0 radical (unpaired) electrons. The molecule has 0 saturated carbocycles. The van der Waals surface area contributed by atoms with Crippen molar-refractivity contribution >= 4 is 28.8 Å². The van der Waals surface area contributed by atoms with Gasteiger partial charge in [0.05, 0.1) is 16.6 Å². The summed E-state index contributed by atoms with van der Waals surface area (Å²) in [5, 5.41) is 6.60. The second kappa shape index (κ2) is 7.31. The van der Waals surface area contributed by atoms with E-state index in [-0.39, 0.29) is 18.2 Å². The number of hydrogen-bond donors (Lipinski definition) is 2. The topological polar surface area (TPSA) is 71.1 Å². The number of benzene rings is 1. The number of anilines is 1. The third-order valence-corrected chi connectivity index (χ3v) is 5.44. The average molecular weight is 361 g/mol. The van der Waals surface area contributed by atoms with Crippen LogP contribution in [0.2, 0.25) is 0 Å². The Morgan fingerprint density at radius 2 is 2.24 bits per heavy atom. The third-order valence-electron chi connectivity index (χ3n) is 4.31. The molecule has 3 rings (SSSR count). The van der Waals surface area contributed by atoms with Crippen molar-refractivity contribution in [3.63, 3.8) is 0 Å². The van der Waals surface area contributed by atoms with Gasteiger partial charge in [0, 0.05) is 30.0 Å². The van der Waals surface area contributed by atoms with Crippen molar-refractivity contribution < 1.29 is 14.0 Å². The molecule has 1 atom stereocenters. The predicted octanol–water partition coefficient (Wildman–Crippen LogP) is 3.07. The van der Waals surface area contributed by atoms with Crippen molar-refractivity contribution in [3.05, 3.63) is 45.2 Å². The van der Waals surface area contributed by atoms with Gasteiger partial charge < -0.3 is 10.6 Å². The summed E-state index contributed by atoms with van der Waals surface area (Å²) >= 11 is 1.68. The first-order chi connectivity index (χ1) is 11.9. The van der Waals surface area contributed by atoms with Crippen LogP contribution in [-0.2, 0) is 16.0 Å². The van der Waals surface area contributed by atoms with Gasteiger partial charge >= 0.3 is 0 Å². The molecule has 0 saturated heterocycles. The number of nitrogens with one attached hydrogen (secondary N) is 2. The van der Waals surface area contributed by atoms with Crippen LogP contribution in [0.25, 0.3) is 0 Å². The molecule has 0 aliphatic carbocycles. The highest BCUT2D eigenvalue weighted by Gasteiger charge is 2.30. The molecule has 2 N–H and O–H groups in total. The zero-order valence-electron chi connectivity index (χ0n) is 14.2. The third kappa shape index (κ3) is 4.04. The van der Waals surface area contributed by atoms with Gasteiger partial charge in [-0.05, 0) is 44.0 Å². The number of carbonyl (C=O) groups is 2. The van der Waals surface area contributed by atoms with Crippen LogP contribution in [-0.4, -0.2) is 23.3 Å². The van der Waals surface area contributed by atoms with Gasteiger partial charge in [0.2, 0.25) is 11.8 Å². The van der Waals surface area contributed by atoms with Gasteiger partial charge in [-0.25, -0.2) is 9.37 Å². The molecule has 0 spiro atoms. The highest BCUT2D eigenvalue weighted by molar-refractivity contribution is 7.11. The van der Waals surface area contributed by atoms with Gasteiger partial charge in [0.25, 0.3) is 0 Å². The van der Waals surface area contributed by atoms with Gasteiger partial charge in [-0.1, -0.05) is 0 Å². The summed E-state index contributed by atoms with van der Waals surface area (Å²) in [6.07, 6.45) is 1.61. The summed E-state index contributed by atoms with van der Waals surface area (Å²) in [5.41, 5.74) is 2.09. The van der Waals surface area contributed by atoms with Crippen molar-refractivity contribution in [1.29, 1.82) is 0 Å². The van der Waals surface area contributed by atoms with Crippen molar-refractivity contribution in [3.8, 4) is 0 Å². The molecule has 132 valence electrons. The lowest BCUT2D eigenvalue weighted by atomic mass is 9.89. The average Bonchev–Trinajstić information content (AvgIpc) is 2.89. The minimum absolute atomic E-state index is 0.0349. The zero-order valence-corrected chi connectivity index (χ0v) is 15.0. The highest BCUT2D eigenvalue weighted by atomic mass is 32.1. The second-order valence-corrected chi connectivity index (χ2v) is 7.47. The Balaban J connectivity index is 1.58. The van der Waals surface area contributed by atoms with Crippen LogP contribution in [0.15, 0.2) is 18.2 Å². The molecule has 7 heteroatoms. The smallest absolute Gasteiger partial charge is 0.228 e. The minimum atomic E-state index is -0.649. The molecule has 2 aromatic rings. The summed E-state index contributed by atoms with van der Waals surface area (Å²) in [5.74, 6) is -1.53. The van der Waals surface area contributed by atoms with E-state index < -0.39 is 11.7 Å². The lowest BCUT2D eigenvalue weighted by Crippen LogP contribution is -2.35. The number of carbonyl (C=O) groups excluding carboxylic acids is 2. The van der Waals surface area contributed by atoms with Gasteiger partial charge in [-0.3, -0.25) is 9.59 Å². The van der Waals surface area contributed by atoms with Crippen LogP contribution in [0.4, 0.5) is 10.1 Å². The molecular formula is C18H20FN3O2S. The van der Waals surface area contributed by atoms with E-state index in [0.29, 0.717) is 17.8 Å². The van der Waals surface area contributed by atoms with Gasteiger partial charge in [-0.2, -0.15) is 0 Å². The van der Waals surface area contributed by atoms with E-state index in [9.17, 15) is 14.0 Å². The predicted molar refractivity (Wildman–Crippen MR) is 95.3 cm³/mol. The molecule has 0 bridgehead atoms. The van der Waals surface area contributed by atoms with Crippen LogP contribution in [0.1, 0.15) is 39.9 Å². The first-order valence-electron chi connectivity index (χ1n) is 8.24. The quantitative estimate of drug-likeness (QED) is 0.804. The number of halogens is 1. The van der Waals surface area contributed by atoms with E-state index >= 15 is 0 Å². The van der Waals surface area contributed by atoms with Crippen LogP contribution in [0.3, 0.4) is 0 Å². The van der Waals surface area contributed by atoms with E-state index in [1.54, 1.807) is 11.3 Å².